The largest absolute Gasteiger partial charge is 0.619 e. The first-order valence-electron chi connectivity index (χ1n) is 18.8. The number of ether oxygens (including phenoxy) is 4. The first-order chi connectivity index (χ1) is 27.6. The van der Waals surface area contributed by atoms with Crippen LogP contribution in [0.15, 0.2) is 89.8 Å². The van der Waals surface area contributed by atoms with E-state index in [-0.39, 0.29) is 39.6 Å². The van der Waals surface area contributed by atoms with Gasteiger partial charge in [0.05, 0.1) is 18.4 Å². The fraction of sp³-hybridized carbons (Fsp3) is 0.357. The number of aromatic nitrogens is 1. The van der Waals surface area contributed by atoms with E-state index in [1.807, 2.05) is 12.1 Å². The zero-order valence-electron chi connectivity index (χ0n) is 30.6. The molecule has 298 valence electrons. The summed E-state index contributed by atoms with van der Waals surface area (Å²) in [5, 5.41) is 16.2. The first-order valence-corrected chi connectivity index (χ1v) is 19.6. The topological polar surface area (TPSA) is 126 Å². The van der Waals surface area contributed by atoms with Crippen LogP contribution in [0.1, 0.15) is 64.9 Å². The third-order valence-corrected chi connectivity index (χ3v) is 11.4. The van der Waals surface area contributed by atoms with Crippen LogP contribution < -0.4 is 19.5 Å². The number of hydrogen-bond acceptors (Lipinski definition) is 10. The van der Waals surface area contributed by atoms with Crippen LogP contribution in [0.3, 0.4) is 0 Å². The Morgan fingerprint density at radius 2 is 1.72 bits per heavy atom. The molecule has 5 aromatic rings. The van der Waals surface area contributed by atoms with E-state index in [1.54, 1.807) is 42.7 Å². The average Bonchev–Trinajstić information content (AvgIpc) is 3.91. The van der Waals surface area contributed by atoms with Gasteiger partial charge in [-0.15, -0.1) is 0 Å². The molecule has 2 bridgehead atoms. The normalized spacial score (nSPS) is 19.9. The number of furan rings is 1. The number of halogens is 4. The number of hydrogen-bond donors (Lipinski definition) is 1. The van der Waals surface area contributed by atoms with Crippen LogP contribution in [0.2, 0.25) is 10.0 Å². The number of carbonyl (C=O) groups excluding carboxylic acids is 2. The van der Waals surface area contributed by atoms with Gasteiger partial charge in [0, 0.05) is 29.6 Å². The lowest BCUT2D eigenvalue weighted by Crippen LogP contribution is -2.52. The second kappa shape index (κ2) is 16.8. The van der Waals surface area contributed by atoms with Crippen molar-refractivity contribution in [3.05, 3.63) is 123 Å². The summed E-state index contributed by atoms with van der Waals surface area (Å²) in [6, 6.07) is 17.2. The number of pyridine rings is 1. The minimum Gasteiger partial charge on any atom is -0.619 e. The number of rotatable bonds is 15. The van der Waals surface area contributed by atoms with Crippen LogP contribution in [0.25, 0.3) is 11.0 Å². The minimum atomic E-state index is -3.09. The summed E-state index contributed by atoms with van der Waals surface area (Å²) >= 11 is 12.9. The summed E-state index contributed by atoms with van der Waals surface area (Å²) in [4.78, 5) is 30.4. The summed E-state index contributed by atoms with van der Waals surface area (Å²) in [6.45, 7) is -0.0954. The summed E-state index contributed by atoms with van der Waals surface area (Å²) in [6.07, 6.45) is 6.34. The molecule has 15 heteroatoms. The van der Waals surface area contributed by atoms with E-state index < -0.39 is 30.7 Å². The molecule has 3 aliphatic heterocycles. The highest BCUT2D eigenvalue weighted by Gasteiger charge is 2.38. The molecule has 0 spiro atoms. The van der Waals surface area contributed by atoms with Crippen molar-refractivity contribution in [2.24, 2.45) is 11.8 Å². The van der Waals surface area contributed by atoms with Gasteiger partial charge in [0.25, 0.3) is 0 Å². The number of carbonyl (C=O) groups is 2. The zero-order chi connectivity index (χ0) is 39.6. The predicted molar refractivity (Wildman–Crippen MR) is 207 cm³/mol. The average molecular weight is 823 g/mol. The maximum absolute atomic E-state index is 14.0. The van der Waals surface area contributed by atoms with E-state index >= 15 is 0 Å². The molecule has 1 aliphatic carbocycles. The fourth-order valence-electron chi connectivity index (χ4n) is 7.47. The highest BCUT2D eigenvalue weighted by Crippen LogP contribution is 2.39. The summed E-state index contributed by atoms with van der Waals surface area (Å²) < 4.78 is 55.6. The van der Waals surface area contributed by atoms with Crippen LogP contribution in [0.4, 0.5) is 14.5 Å². The van der Waals surface area contributed by atoms with Crippen molar-refractivity contribution < 1.29 is 46.5 Å². The summed E-state index contributed by atoms with van der Waals surface area (Å²) in [5.41, 5.74) is 2.61. The fourth-order valence-corrected chi connectivity index (χ4v) is 8.06. The molecule has 5 heterocycles. The van der Waals surface area contributed by atoms with Gasteiger partial charge in [-0.1, -0.05) is 41.4 Å². The van der Waals surface area contributed by atoms with Crippen molar-refractivity contribution in [3.8, 4) is 11.5 Å². The highest BCUT2D eigenvalue weighted by atomic mass is 35.5. The van der Waals surface area contributed by atoms with Gasteiger partial charge < -0.3 is 33.9 Å². The molecule has 0 amide bonds. The van der Waals surface area contributed by atoms with E-state index in [4.69, 9.17) is 46.6 Å². The molecule has 3 saturated heterocycles. The second-order valence-electron chi connectivity index (χ2n) is 14.7. The van der Waals surface area contributed by atoms with Gasteiger partial charge in [0.2, 0.25) is 0 Å². The minimum absolute atomic E-state index is 0.0392. The molecule has 2 aromatic heterocycles. The number of anilines is 1. The van der Waals surface area contributed by atoms with Gasteiger partial charge in [-0.25, -0.2) is 9.59 Å². The monoisotopic (exact) mass is 821 g/mol. The number of fused-ring (bicyclic) bond motifs is 4. The Morgan fingerprint density at radius 1 is 0.947 bits per heavy atom. The van der Waals surface area contributed by atoms with Crippen LogP contribution >= 0.6 is 23.2 Å². The molecule has 3 aromatic carbocycles. The lowest BCUT2D eigenvalue weighted by Gasteiger charge is -2.44. The van der Waals surface area contributed by atoms with Crippen LogP contribution in [0.5, 0.6) is 11.5 Å². The van der Waals surface area contributed by atoms with Gasteiger partial charge in [0.15, 0.2) is 29.9 Å². The Balaban J connectivity index is 1.07. The second-order valence-corrected chi connectivity index (χ2v) is 15.5. The lowest BCUT2D eigenvalue weighted by atomic mass is 9.86. The van der Waals surface area contributed by atoms with E-state index in [9.17, 15) is 23.6 Å². The van der Waals surface area contributed by atoms with E-state index in [1.165, 1.54) is 18.2 Å². The SMILES string of the molecule is O=C(O[C@@H](Cc1c(Cl)c[n+]([O-])cc1Cl)c1ccc(OC(F)F)c(OCC2CC2)c1)c1cccc(NC(C(=O)O[C@H]2CN3CCC2CC3)c2ccc3occc3c2)c1. The Kier molecular flexibility index (Phi) is 11.4. The van der Waals surface area contributed by atoms with E-state index in [2.05, 4.69) is 10.2 Å². The molecule has 4 fully saturated rings. The summed E-state index contributed by atoms with van der Waals surface area (Å²) in [5.74, 6) is -0.699. The van der Waals surface area contributed by atoms with Crippen LogP contribution in [0, 0.1) is 17.0 Å². The first kappa shape index (κ1) is 38.7. The predicted octanol–water partition coefficient (Wildman–Crippen LogP) is 8.69. The molecular weight excluding hydrogens is 783 g/mol. The standard InChI is InChI=1S/C42H39Cl2F2N3O8/c43-32-20-49(52)21-33(44)31(32)19-36(26-6-9-35(57-42(45)46)37(18-26)54-23-24-4-5-24)55-40(50)29-2-1-3-30(17-29)47-39(28-7-8-34-27(16-28)12-15-53-34)41(51)56-38-22-48-13-10-25(38)11-14-48/h1-3,6-9,12,15-18,20-21,24-25,36,38-39,42,47H,4-5,10-11,13-14,19,22-23H2/t36-,38-,39?/m0/s1. The van der Waals surface area contributed by atoms with Gasteiger partial charge in [-0.3, -0.25) is 4.90 Å². The third-order valence-electron chi connectivity index (χ3n) is 10.7. The quantitative estimate of drug-likeness (QED) is 0.0623. The highest BCUT2D eigenvalue weighted by molar-refractivity contribution is 6.35. The molecule has 9 rings (SSSR count). The molecule has 1 saturated carbocycles. The lowest BCUT2D eigenvalue weighted by molar-refractivity contribution is -0.605. The number of alkyl halides is 2. The maximum atomic E-state index is 14.0. The third kappa shape index (κ3) is 9.22. The van der Waals surface area contributed by atoms with Crippen molar-refractivity contribution in [3.63, 3.8) is 0 Å². The van der Waals surface area contributed by atoms with Gasteiger partial charge in [-0.2, -0.15) is 13.5 Å². The maximum Gasteiger partial charge on any atom is 0.387 e. The molecule has 3 atom stereocenters. The van der Waals surface area contributed by atoms with Crippen molar-refractivity contribution in [2.75, 3.05) is 31.6 Å². The number of nitrogens with zero attached hydrogens (tertiary/aromatic N) is 2. The number of nitrogens with one attached hydrogen (secondary N) is 1. The molecule has 0 radical (unpaired) electrons. The van der Waals surface area contributed by atoms with Crippen LogP contribution in [-0.2, 0) is 20.7 Å². The van der Waals surface area contributed by atoms with Gasteiger partial charge >= 0.3 is 18.6 Å². The zero-order valence-corrected chi connectivity index (χ0v) is 32.1. The van der Waals surface area contributed by atoms with Crippen LogP contribution in [-0.4, -0.2) is 55.8 Å². The number of benzene rings is 3. The molecule has 4 aliphatic rings. The Morgan fingerprint density at radius 3 is 2.44 bits per heavy atom. The molecule has 57 heavy (non-hydrogen) atoms. The Hall–Kier alpha value is -5.11. The Bertz CT molecular complexity index is 2240. The van der Waals surface area contributed by atoms with Crippen molar-refractivity contribution in [2.45, 2.75) is 57.0 Å². The number of piperidine rings is 3. The molecule has 1 unspecified atom stereocenters. The smallest absolute Gasteiger partial charge is 0.387 e. The van der Waals surface area contributed by atoms with Gasteiger partial charge in [-0.05, 0) is 110 Å². The number of esters is 2. The van der Waals surface area contributed by atoms with Crippen molar-refractivity contribution in [1.29, 1.82) is 0 Å². The van der Waals surface area contributed by atoms with Crippen molar-refractivity contribution >= 4 is 51.8 Å². The summed E-state index contributed by atoms with van der Waals surface area (Å²) in [7, 11) is 0. The van der Waals surface area contributed by atoms with Crippen molar-refractivity contribution in [1.82, 2.24) is 4.90 Å². The van der Waals surface area contributed by atoms with E-state index in [0.29, 0.717) is 57.7 Å². The molecule has 1 N–H and O–H groups in total. The molecule has 11 nitrogen and oxygen atoms in total. The Labute approximate surface area is 336 Å². The van der Waals surface area contributed by atoms with Gasteiger partial charge in [0.1, 0.15) is 27.8 Å². The molecular formula is C42H39Cl2F2N3O8. The van der Waals surface area contributed by atoms with E-state index in [0.717, 1.165) is 56.6 Å².